The van der Waals surface area contributed by atoms with Crippen molar-refractivity contribution in [3.63, 3.8) is 0 Å². The number of nitrogens with zero attached hydrogens (tertiary/aromatic N) is 4. The number of aryl methyl sites for hydroxylation is 1. The van der Waals surface area contributed by atoms with Crippen LogP contribution < -0.4 is 10.6 Å². The van der Waals surface area contributed by atoms with E-state index in [1.807, 2.05) is 13.0 Å². The summed E-state index contributed by atoms with van der Waals surface area (Å²) >= 11 is 1.52. The Bertz CT molecular complexity index is 962. The predicted molar refractivity (Wildman–Crippen MR) is 109 cm³/mol. The van der Waals surface area contributed by atoms with E-state index in [1.54, 1.807) is 25.4 Å². The lowest BCUT2D eigenvalue weighted by Crippen LogP contribution is -2.04. The van der Waals surface area contributed by atoms with E-state index in [0.717, 1.165) is 34.4 Å². The van der Waals surface area contributed by atoms with Gasteiger partial charge in [-0.1, -0.05) is 17.4 Å². The third-order valence-corrected chi connectivity index (χ3v) is 4.94. The fraction of sp³-hybridized carbons (Fsp3) is 0.278. The van der Waals surface area contributed by atoms with Crippen LogP contribution in [0.4, 0.5) is 22.5 Å². The van der Waals surface area contributed by atoms with Crippen LogP contribution in [0.15, 0.2) is 36.5 Å². The number of rotatable bonds is 9. The van der Waals surface area contributed by atoms with Gasteiger partial charge in [0.1, 0.15) is 0 Å². The zero-order valence-electron chi connectivity index (χ0n) is 15.5. The summed E-state index contributed by atoms with van der Waals surface area (Å²) in [6, 6.07) is 8.02. The molecule has 0 spiro atoms. The Balaban J connectivity index is 1.75. The first-order valence-corrected chi connectivity index (χ1v) is 9.43. The summed E-state index contributed by atoms with van der Waals surface area (Å²) in [5.74, 6) is 0.361. The topological polar surface area (TPSA) is 115 Å². The maximum atomic E-state index is 10.9. The van der Waals surface area contributed by atoms with Crippen LogP contribution >= 0.6 is 11.3 Å². The van der Waals surface area contributed by atoms with E-state index in [1.165, 1.54) is 23.5 Å². The highest BCUT2D eigenvalue weighted by atomic mass is 32.1. The van der Waals surface area contributed by atoms with E-state index in [4.69, 9.17) is 4.74 Å². The van der Waals surface area contributed by atoms with Gasteiger partial charge in [0.2, 0.25) is 5.95 Å². The molecule has 2 heterocycles. The molecule has 10 heteroatoms. The summed E-state index contributed by atoms with van der Waals surface area (Å²) < 4.78 is 5.04. The van der Waals surface area contributed by atoms with Crippen LogP contribution in [0.3, 0.4) is 0 Å². The summed E-state index contributed by atoms with van der Waals surface area (Å²) in [5.41, 5.74) is 2.17. The highest BCUT2D eigenvalue weighted by Gasteiger charge is 2.12. The normalized spacial score (nSPS) is 10.6. The first-order chi connectivity index (χ1) is 13.6. The van der Waals surface area contributed by atoms with Crippen molar-refractivity contribution in [3.8, 4) is 10.6 Å². The number of aromatic nitrogens is 3. The molecule has 0 amide bonds. The standard InChI is InChI=1S/C18H20N6O3S/c1-12-16(28-18(21-12)20-8-4-10-27-2)15-7-9-19-17(23-15)22-13-5-3-6-14(11-13)24(25)26/h3,5-7,9,11H,4,8,10H2,1-2H3,(H,20,21)(H,19,22,23). The van der Waals surface area contributed by atoms with Gasteiger partial charge in [-0.05, 0) is 25.5 Å². The minimum Gasteiger partial charge on any atom is -0.385 e. The van der Waals surface area contributed by atoms with Gasteiger partial charge in [-0.2, -0.15) is 0 Å². The molecule has 0 atom stereocenters. The maximum Gasteiger partial charge on any atom is 0.271 e. The lowest BCUT2D eigenvalue weighted by molar-refractivity contribution is -0.384. The van der Waals surface area contributed by atoms with Gasteiger partial charge in [-0.15, -0.1) is 0 Å². The SMILES string of the molecule is COCCCNc1nc(C)c(-c2ccnc(Nc3cccc([N+](=O)[O-])c3)n2)s1. The lowest BCUT2D eigenvalue weighted by atomic mass is 10.3. The fourth-order valence-corrected chi connectivity index (χ4v) is 3.45. The van der Waals surface area contributed by atoms with E-state index in [2.05, 4.69) is 25.6 Å². The lowest BCUT2D eigenvalue weighted by Gasteiger charge is -2.06. The smallest absolute Gasteiger partial charge is 0.271 e. The molecule has 0 unspecified atom stereocenters. The number of hydrogen-bond acceptors (Lipinski definition) is 9. The molecule has 0 aliphatic carbocycles. The van der Waals surface area contributed by atoms with Gasteiger partial charge in [-0.3, -0.25) is 10.1 Å². The molecule has 0 saturated carbocycles. The molecule has 28 heavy (non-hydrogen) atoms. The molecule has 3 rings (SSSR count). The van der Waals surface area contributed by atoms with Crippen LogP contribution in [0.2, 0.25) is 0 Å². The van der Waals surface area contributed by atoms with Gasteiger partial charge >= 0.3 is 0 Å². The summed E-state index contributed by atoms with van der Waals surface area (Å²) in [4.78, 5) is 24.7. The van der Waals surface area contributed by atoms with Crippen LogP contribution in [0, 0.1) is 17.0 Å². The van der Waals surface area contributed by atoms with E-state index in [-0.39, 0.29) is 5.69 Å². The van der Waals surface area contributed by atoms with Gasteiger partial charge in [0.25, 0.3) is 5.69 Å². The van der Waals surface area contributed by atoms with Crippen molar-refractivity contribution in [2.45, 2.75) is 13.3 Å². The molecule has 0 saturated heterocycles. The van der Waals surface area contributed by atoms with Crippen molar-refractivity contribution in [2.75, 3.05) is 30.9 Å². The second kappa shape index (κ2) is 9.20. The Labute approximate surface area is 166 Å². The molecule has 146 valence electrons. The van der Waals surface area contributed by atoms with Crippen molar-refractivity contribution >= 4 is 33.8 Å². The first-order valence-electron chi connectivity index (χ1n) is 8.62. The molecular formula is C18H20N6O3S. The van der Waals surface area contributed by atoms with Crippen LogP contribution in [0.5, 0.6) is 0 Å². The number of methoxy groups -OCH3 is 1. The molecular weight excluding hydrogens is 380 g/mol. The average molecular weight is 400 g/mol. The van der Waals surface area contributed by atoms with Crippen LogP contribution in [0.25, 0.3) is 10.6 Å². The van der Waals surface area contributed by atoms with E-state index < -0.39 is 4.92 Å². The molecule has 0 bridgehead atoms. The fourth-order valence-electron chi connectivity index (χ4n) is 2.49. The number of benzene rings is 1. The van der Waals surface area contributed by atoms with Crippen molar-refractivity contribution in [3.05, 3.63) is 52.3 Å². The summed E-state index contributed by atoms with van der Waals surface area (Å²) in [6.45, 7) is 3.41. The molecule has 1 aromatic carbocycles. The number of anilines is 3. The van der Waals surface area contributed by atoms with Crippen molar-refractivity contribution in [2.24, 2.45) is 0 Å². The zero-order chi connectivity index (χ0) is 19.9. The van der Waals surface area contributed by atoms with Crippen molar-refractivity contribution in [1.29, 1.82) is 0 Å². The van der Waals surface area contributed by atoms with E-state index in [9.17, 15) is 10.1 Å². The molecule has 2 N–H and O–H groups in total. The summed E-state index contributed by atoms with van der Waals surface area (Å²) in [7, 11) is 1.68. The van der Waals surface area contributed by atoms with Crippen LogP contribution in [0.1, 0.15) is 12.1 Å². The molecule has 0 aliphatic heterocycles. The Hall–Kier alpha value is -3.11. The molecule has 0 fully saturated rings. The second-order valence-electron chi connectivity index (χ2n) is 5.90. The van der Waals surface area contributed by atoms with Gasteiger partial charge in [0, 0.05) is 44.3 Å². The number of nitro groups is 1. The summed E-state index contributed by atoms with van der Waals surface area (Å²) in [6.07, 6.45) is 2.54. The second-order valence-corrected chi connectivity index (χ2v) is 6.90. The monoisotopic (exact) mass is 400 g/mol. The molecule has 0 radical (unpaired) electrons. The van der Waals surface area contributed by atoms with E-state index >= 15 is 0 Å². The van der Waals surface area contributed by atoms with Gasteiger partial charge in [-0.25, -0.2) is 15.0 Å². The number of nitro benzene ring substituents is 1. The Morgan fingerprint density at radius 2 is 2.14 bits per heavy atom. The van der Waals surface area contributed by atoms with Gasteiger partial charge < -0.3 is 15.4 Å². The van der Waals surface area contributed by atoms with Gasteiger partial charge in [0.05, 0.1) is 21.2 Å². The van der Waals surface area contributed by atoms with E-state index in [0.29, 0.717) is 18.2 Å². The third-order valence-electron chi connectivity index (χ3n) is 3.80. The molecule has 2 aromatic heterocycles. The van der Waals surface area contributed by atoms with Crippen molar-refractivity contribution < 1.29 is 9.66 Å². The molecule has 0 aliphatic rings. The third kappa shape index (κ3) is 4.99. The van der Waals surface area contributed by atoms with Crippen LogP contribution in [-0.4, -0.2) is 40.1 Å². The average Bonchev–Trinajstić information content (AvgIpc) is 3.06. The largest absolute Gasteiger partial charge is 0.385 e. The zero-order valence-corrected chi connectivity index (χ0v) is 16.3. The van der Waals surface area contributed by atoms with Gasteiger partial charge in [0.15, 0.2) is 5.13 Å². The first kappa shape index (κ1) is 19.6. The number of nitrogens with one attached hydrogen (secondary N) is 2. The Morgan fingerprint density at radius 1 is 1.29 bits per heavy atom. The number of non-ortho nitro benzene ring substituents is 1. The molecule has 3 aromatic rings. The summed E-state index contributed by atoms with van der Waals surface area (Å²) in [5, 5.41) is 18.1. The number of ether oxygens (including phenoxy) is 1. The Kier molecular flexibility index (Phi) is 6.45. The predicted octanol–water partition coefficient (Wildman–Crippen LogP) is 4.01. The number of thiazole rings is 1. The minimum absolute atomic E-state index is 0.00338. The Morgan fingerprint density at radius 3 is 2.93 bits per heavy atom. The molecule has 9 nitrogen and oxygen atoms in total. The minimum atomic E-state index is -0.440. The highest BCUT2D eigenvalue weighted by Crippen LogP contribution is 2.32. The quantitative estimate of drug-likeness (QED) is 0.314. The highest BCUT2D eigenvalue weighted by molar-refractivity contribution is 7.19. The maximum absolute atomic E-state index is 10.9. The van der Waals surface area contributed by atoms with Crippen LogP contribution in [-0.2, 0) is 4.74 Å². The van der Waals surface area contributed by atoms with Crippen molar-refractivity contribution in [1.82, 2.24) is 15.0 Å². The number of hydrogen-bond donors (Lipinski definition) is 2.